The van der Waals surface area contributed by atoms with E-state index in [1.54, 1.807) is 18.2 Å². The minimum atomic E-state index is -0.905. The molecule has 110 valence electrons. The van der Waals surface area contributed by atoms with Crippen molar-refractivity contribution in [1.29, 1.82) is 0 Å². The van der Waals surface area contributed by atoms with Gasteiger partial charge in [0.05, 0.1) is 6.04 Å². The molecule has 1 heterocycles. The Kier molecular flexibility index (Phi) is 3.51. The lowest BCUT2D eigenvalue weighted by Crippen LogP contribution is -2.18. The summed E-state index contributed by atoms with van der Waals surface area (Å²) in [6, 6.07) is 7.43. The zero-order chi connectivity index (χ0) is 15.0. The van der Waals surface area contributed by atoms with Gasteiger partial charge in [-0.3, -0.25) is 0 Å². The van der Waals surface area contributed by atoms with Crippen molar-refractivity contribution < 1.29 is 18.3 Å². The maximum atomic E-state index is 14.0. The summed E-state index contributed by atoms with van der Waals surface area (Å²) in [5.41, 5.74) is 7.08. The Morgan fingerprint density at radius 1 is 1.00 bits per heavy atom. The molecular weight excluding hydrogens is 276 g/mol. The summed E-state index contributed by atoms with van der Waals surface area (Å²) in [4.78, 5) is 0. The third kappa shape index (κ3) is 2.45. The summed E-state index contributed by atoms with van der Waals surface area (Å²) < 4.78 is 38.6. The van der Waals surface area contributed by atoms with Crippen LogP contribution in [0.2, 0.25) is 0 Å². The van der Waals surface area contributed by atoms with E-state index < -0.39 is 17.7 Å². The second-order valence-electron chi connectivity index (χ2n) is 4.98. The van der Waals surface area contributed by atoms with Gasteiger partial charge in [0.1, 0.15) is 13.2 Å². The smallest absolute Gasteiger partial charge is 0.164 e. The van der Waals surface area contributed by atoms with Gasteiger partial charge in [-0.25, -0.2) is 8.78 Å². The number of benzene rings is 2. The summed E-state index contributed by atoms with van der Waals surface area (Å²) in [7, 11) is 0. The van der Waals surface area contributed by atoms with E-state index in [4.69, 9.17) is 15.2 Å². The maximum Gasteiger partial charge on any atom is 0.164 e. The second kappa shape index (κ2) is 5.33. The monoisotopic (exact) mass is 291 g/mol. The van der Waals surface area contributed by atoms with Crippen LogP contribution in [-0.2, 0) is 0 Å². The van der Waals surface area contributed by atoms with Crippen LogP contribution in [0.5, 0.6) is 11.5 Å². The van der Waals surface area contributed by atoms with Crippen LogP contribution in [0.15, 0.2) is 30.3 Å². The molecule has 0 aromatic heterocycles. The van der Waals surface area contributed by atoms with Crippen molar-refractivity contribution in [2.75, 3.05) is 13.2 Å². The first-order valence-electron chi connectivity index (χ1n) is 6.67. The SMILES string of the molecule is Cc1ccc(C(N)c2ccc3c(c2)OCCO3)c(F)c1F. The Labute approximate surface area is 121 Å². The van der Waals surface area contributed by atoms with Crippen LogP contribution in [0.4, 0.5) is 8.78 Å². The molecule has 0 bridgehead atoms. The minimum absolute atomic E-state index is 0.120. The van der Waals surface area contributed by atoms with Crippen molar-refractivity contribution in [2.24, 2.45) is 5.73 Å². The Hall–Kier alpha value is -2.14. The molecule has 1 atom stereocenters. The fourth-order valence-corrected chi connectivity index (χ4v) is 2.33. The highest BCUT2D eigenvalue weighted by molar-refractivity contribution is 5.46. The topological polar surface area (TPSA) is 44.5 Å². The summed E-state index contributed by atoms with van der Waals surface area (Å²) >= 11 is 0. The van der Waals surface area contributed by atoms with Crippen molar-refractivity contribution in [3.05, 3.63) is 58.7 Å². The van der Waals surface area contributed by atoms with E-state index in [0.29, 0.717) is 30.3 Å². The van der Waals surface area contributed by atoms with Crippen LogP contribution in [0.25, 0.3) is 0 Å². The van der Waals surface area contributed by atoms with E-state index in [0.717, 1.165) is 0 Å². The fraction of sp³-hybridized carbons (Fsp3) is 0.250. The summed E-state index contributed by atoms with van der Waals surface area (Å²) in [5.74, 6) is -0.562. The number of fused-ring (bicyclic) bond motifs is 1. The number of hydrogen-bond acceptors (Lipinski definition) is 3. The van der Waals surface area contributed by atoms with Crippen molar-refractivity contribution in [1.82, 2.24) is 0 Å². The van der Waals surface area contributed by atoms with Crippen molar-refractivity contribution >= 4 is 0 Å². The zero-order valence-corrected chi connectivity index (χ0v) is 11.5. The van der Waals surface area contributed by atoms with Gasteiger partial charge in [0.25, 0.3) is 0 Å². The zero-order valence-electron chi connectivity index (χ0n) is 11.5. The summed E-state index contributed by atoms with van der Waals surface area (Å²) in [6.07, 6.45) is 0. The first-order chi connectivity index (χ1) is 10.1. The molecule has 3 rings (SSSR count). The van der Waals surface area contributed by atoms with Crippen LogP contribution in [0.1, 0.15) is 22.7 Å². The van der Waals surface area contributed by atoms with Crippen LogP contribution in [0.3, 0.4) is 0 Å². The fourth-order valence-electron chi connectivity index (χ4n) is 2.33. The summed E-state index contributed by atoms with van der Waals surface area (Å²) in [5, 5.41) is 0. The lowest BCUT2D eigenvalue weighted by Gasteiger charge is -2.21. The molecule has 0 amide bonds. The Morgan fingerprint density at radius 2 is 1.71 bits per heavy atom. The Morgan fingerprint density at radius 3 is 2.48 bits per heavy atom. The van der Waals surface area contributed by atoms with E-state index in [1.807, 2.05) is 0 Å². The van der Waals surface area contributed by atoms with Gasteiger partial charge in [0.2, 0.25) is 0 Å². The first-order valence-corrected chi connectivity index (χ1v) is 6.67. The van der Waals surface area contributed by atoms with Crippen LogP contribution in [0, 0.1) is 18.6 Å². The van der Waals surface area contributed by atoms with Crippen LogP contribution < -0.4 is 15.2 Å². The maximum absolute atomic E-state index is 14.0. The molecular formula is C16H15F2NO2. The molecule has 2 aromatic rings. The molecule has 0 radical (unpaired) electrons. The lowest BCUT2D eigenvalue weighted by molar-refractivity contribution is 0.171. The van der Waals surface area contributed by atoms with E-state index >= 15 is 0 Å². The molecule has 0 saturated carbocycles. The molecule has 1 unspecified atom stereocenters. The number of nitrogens with two attached hydrogens (primary N) is 1. The second-order valence-corrected chi connectivity index (χ2v) is 4.98. The number of hydrogen-bond donors (Lipinski definition) is 1. The number of halogens is 2. The lowest BCUT2D eigenvalue weighted by atomic mass is 9.97. The average molecular weight is 291 g/mol. The Balaban J connectivity index is 1.99. The van der Waals surface area contributed by atoms with Crippen LogP contribution in [-0.4, -0.2) is 13.2 Å². The van der Waals surface area contributed by atoms with Crippen molar-refractivity contribution in [2.45, 2.75) is 13.0 Å². The van der Waals surface area contributed by atoms with E-state index in [1.165, 1.54) is 19.1 Å². The van der Waals surface area contributed by atoms with Gasteiger partial charge in [0.15, 0.2) is 23.1 Å². The van der Waals surface area contributed by atoms with Gasteiger partial charge in [0, 0.05) is 5.56 Å². The van der Waals surface area contributed by atoms with Gasteiger partial charge >= 0.3 is 0 Å². The number of ether oxygens (including phenoxy) is 2. The quantitative estimate of drug-likeness (QED) is 0.924. The van der Waals surface area contributed by atoms with Gasteiger partial charge in [-0.15, -0.1) is 0 Å². The highest BCUT2D eigenvalue weighted by Gasteiger charge is 2.20. The van der Waals surface area contributed by atoms with Gasteiger partial charge in [-0.05, 0) is 30.2 Å². The highest BCUT2D eigenvalue weighted by Crippen LogP contribution is 2.34. The molecule has 2 aromatic carbocycles. The molecule has 1 aliphatic heterocycles. The van der Waals surface area contributed by atoms with Crippen molar-refractivity contribution in [3.63, 3.8) is 0 Å². The predicted octanol–water partition coefficient (Wildman–Crippen LogP) is 3.09. The highest BCUT2D eigenvalue weighted by atomic mass is 19.2. The van der Waals surface area contributed by atoms with E-state index in [9.17, 15) is 8.78 Å². The molecule has 21 heavy (non-hydrogen) atoms. The van der Waals surface area contributed by atoms with Crippen LogP contribution >= 0.6 is 0 Å². The average Bonchev–Trinajstić information content (AvgIpc) is 2.52. The molecule has 0 fully saturated rings. The normalized spacial score (nSPS) is 14.9. The molecule has 0 spiro atoms. The molecule has 0 saturated heterocycles. The predicted molar refractivity (Wildman–Crippen MR) is 74.6 cm³/mol. The van der Waals surface area contributed by atoms with Crippen molar-refractivity contribution in [3.8, 4) is 11.5 Å². The first kappa shape index (κ1) is 13.8. The van der Waals surface area contributed by atoms with Gasteiger partial charge in [-0.2, -0.15) is 0 Å². The van der Waals surface area contributed by atoms with E-state index in [-0.39, 0.29) is 11.1 Å². The molecule has 3 nitrogen and oxygen atoms in total. The largest absolute Gasteiger partial charge is 0.486 e. The third-order valence-corrected chi connectivity index (χ3v) is 3.57. The summed E-state index contributed by atoms with van der Waals surface area (Å²) in [6.45, 7) is 2.47. The number of aryl methyl sites for hydroxylation is 1. The Bertz CT molecular complexity index is 688. The minimum Gasteiger partial charge on any atom is -0.486 e. The number of rotatable bonds is 2. The van der Waals surface area contributed by atoms with E-state index in [2.05, 4.69) is 0 Å². The molecule has 2 N–H and O–H groups in total. The molecule has 5 heteroatoms. The van der Waals surface area contributed by atoms with Gasteiger partial charge < -0.3 is 15.2 Å². The van der Waals surface area contributed by atoms with Gasteiger partial charge in [-0.1, -0.05) is 18.2 Å². The molecule has 1 aliphatic rings. The third-order valence-electron chi connectivity index (χ3n) is 3.57. The standard InChI is InChI=1S/C16H15F2NO2/c1-9-2-4-11(15(18)14(9)17)16(19)10-3-5-12-13(8-10)21-7-6-20-12/h2-5,8,16H,6-7,19H2,1H3. The molecule has 0 aliphatic carbocycles.